The van der Waals surface area contributed by atoms with Crippen molar-refractivity contribution in [3.63, 3.8) is 0 Å². The van der Waals surface area contributed by atoms with Crippen LogP contribution in [0.4, 0.5) is 5.69 Å². The minimum Gasteiger partial charge on any atom is -0.346 e. The Labute approximate surface area is 174 Å². The number of aryl methyl sites for hydroxylation is 3. The molecule has 146 valence electrons. The summed E-state index contributed by atoms with van der Waals surface area (Å²) in [7, 11) is 0. The third kappa shape index (κ3) is 5.08. The van der Waals surface area contributed by atoms with Gasteiger partial charge in [0.15, 0.2) is 0 Å². The number of fused-ring (bicyclic) bond motifs is 1. The lowest BCUT2D eigenvalue weighted by Gasteiger charge is -2.09. The number of hydrogen-bond donors (Lipinski definition) is 2. The zero-order valence-corrected chi connectivity index (χ0v) is 18.0. The molecule has 0 unspecified atom stereocenters. The number of nitrogens with zero attached hydrogens (tertiary/aromatic N) is 4. The number of thioether (sulfide) groups is 1. The SMILES string of the molecule is Cc1cc(C)n2nc(SCC(=O)NCC(=O)Nc3ccc(Br)cc3C)nc2n1. The molecule has 8 nitrogen and oxygen atoms in total. The van der Waals surface area contributed by atoms with Crippen LogP contribution >= 0.6 is 27.7 Å². The van der Waals surface area contributed by atoms with Crippen molar-refractivity contribution in [2.45, 2.75) is 25.9 Å². The van der Waals surface area contributed by atoms with Crippen LogP contribution in [0.5, 0.6) is 0 Å². The smallest absolute Gasteiger partial charge is 0.253 e. The maximum Gasteiger partial charge on any atom is 0.253 e. The lowest BCUT2D eigenvalue weighted by Crippen LogP contribution is -2.34. The molecule has 3 aromatic rings. The fraction of sp³-hybridized carbons (Fsp3) is 0.278. The molecule has 0 atom stereocenters. The Balaban J connectivity index is 1.49. The largest absolute Gasteiger partial charge is 0.346 e. The van der Waals surface area contributed by atoms with Gasteiger partial charge in [-0.15, -0.1) is 5.10 Å². The normalized spacial score (nSPS) is 10.9. The molecule has 2 aromatic heterocycles. The van der Waals surface area contributed by atoms with Crippen molar-refractivity contribution < 1.29 is 9.59 Å². The third-order valence-electron chi connectivity index (χ3n) is 3.84. The highest BCUT2D eigenvalue weighted by molar-refractivity contribution is 9.10. The number of carbonyl (C=O) groups is 2. The fourth-order valence-electron chi connectivity index (χ4n) is 2.53. The number of anilines is 1. The van der Waals surface area contributed by atoms with Gasteiger partial charge in [-0.25, -0.2) is 9.50 Å². The van der Waals surface area contributed by atoms with Crippen LogP contribution in [0.2, 0.25) is 0 Å². The van der Waals surface area contributed by atoms with Crippen molar-refractivity contribution in [1.29, 1.82) is 0 Å². The third-order valence-corrected chi connectivity index (χ3v) is 5.17. The second-order valence-electron chi connectivity index (χ2n) is 6.22. The van der Waals surface area contributed by atoms with Crippen LogP contribution < -0.4 is 10.6 Å². The first-order valence-corrected chi connectivity index (χ1v) is 10.3. The molecule has 0 fully saturated rings. The van der Waals surface area contributed by atoms with Gasteiger partial charge in [0, 0.05) is 21.5 Å². The number of carbonyl (C=O) groups excluding carboxylic acids is 2. The molecule has 0 saturated carbocycles. The molecule has 0 aliphatic carbocycles. The lowest BCUT2D eigenvalue weighted by molar-refractivity contribution is -0.122. The van der Waals surface area contributed by atoms with E-state index in [0.717, 1.165) is 21.4 Å². The van der Waals surface area contributed by atoms with Gasteiger partial charge in [-0.3, -0.25) is 9.59 Å². The van der Waals surface area contributed by atoms with Gasteiger partial charge >= 0.3 is 0 Å². The number of hydrogen-bond acceptors (Lipinski definition) is 6. The maximum absolute atomic E-state index is 12.0. The number of amides is 2. The van der Waals surface area contributed by atoms with Gasteiger partial charge < -0.3 is 10.6 Å². The molecular formula is C18H19BrN6O2S. The van der Waals surface area contributed by atoms with E-state index in [1.165, 1.54) is 11.8 Å². The molecule has 3 rings (SSSR count). The molecule has 0 saturated heterocycles. The van der Waals surface area contributed by atoms with E-state index in [9.17, 15) is 9.59 Å². The van der Waals surface area contributed by atoms with Gasteiger partial charge in [0.05, 0.1) is 12.3 Å². The molecule has 0 spiro atoms. The Morgan fingerprint density at radius 3 is 2.68 bits per heavy atom. The van der Waals surface area contributed by atoms with Crippen LogP contribution in [0.25, 0.3) is 5.78 Å². The van der Waals surface area contributed by atoms with Crippen molar-refractivity contribution in [3.05, 3.63) is 45.7 Å². The van der Waals surface area contributed by atoms with E-state index in [1.807, 2.05) is 45.0 Å². The zero-order valence-electron chi connectivity index (χ0n) is 15.6. The molecule has 1 aromatic carbocycles. The first-order chi connectivity index (χ1) is 13.3. The summed E-state index contributed by atoms with van der Waals surface area (Å²) in [6.45, 7) is 5.61. The highest BCUT2D eigenvalue weighted by atomic mass is 79.9. The zero-order chi connectivity index (χ0) is 20.3. The van der Waals surface area contributed by atoms with E-state index >= 15 is 0 Å². The summed E-state index contributed by atoms with van der Waals surface area (Å²) in [4.78, 5) is 32.7. The summed E-state index contributed by atoms with van der Waals surface area (Å²) in [5.74, 6) is 0.0569. The monoisotopic (exact) mass is 462 g/mol. The van der Waals surface area contributed by atoms with E-state index < -0.39 is 0 Å². The number of rotatable bonds is 6. The van der Waals surface area contributed by atoms with Crippen molar-refractivity contribution in [1.82, 2.24) is 24.9 Å². The summed E-state index contributed by atoms with van der Waals surface area (Å²) >= 11 is 4.58. The van der Waals surface area contributed by atoms with E-state index in [1.54, 1.807) is 4.52 Å². The molecule has 10 heteroatoms. The van der Waals surface area contributed by atoms with Gasteiger partial charge in [-0.2, -0.15) is 4.98 Å². The maximum atomic E-state index is 12.0. The van der Waals surface area contributed by atoms with E-state index in [2.05, 4.69) is 41.6 Å². The summed E-state index contributed by atoms with van der Waals surface area (Å²) in [5.41, 5.74) is 3.43. The summed E-state index contributed by atoms with van der Waals surface area (Å²) in [5, 5.41) is 10.2. The molecule has 28 heavy (non-hydrogen) atoms. The molecule has 2 amide bonds. The predicted octanol–water partition coefficient (Wildman–Crippen LogP) is 2.66. The molecule has 0 bridgehead atoms. The van der Waals surface area contributed by atoms with Crippen LogP contribution in [0.15, 0.2) is 33.9 Å². The number of nitrogens with one attached hydrogen (secondary N) is 2. The van der Waals surface area contributed by atoms with Crippen LogP contribution in [-0.4, -0.2) is 43.7 Å². The fourth-order valence-corrected chi connectivity index (χ4v) is 3.65. The molecule has 0 aliphatic rings. The number of benzene rings is 1. The first kappa shape index (κ1) is 20.3. The van der Waals surface area contributed by atoms with Gasteiger partial charge in [0.2, 0.25) is 17.0 Å². The highest BCUT2D eigenvalue weighted by Gasteiger charge is 2.12. The second-order valence-corrected chi connectivity index (χ2v) is 8.08. The summed E-state index contributed by atoms with van der Waals surface area (Å²) in [6, 6.07) is 7.47. The van der Waals surface area contributed by atoms with E-state index in [0.29, 0.717) is 16.6 Å². The van der Waals surface area contributed by atoms with Crippen LogP contribution in [0.3, 0.4) is 0 Å². The van der Waals surface area contributed by atoms with Gasteiger partial charge in [0.25, 0.3) is 5.78 Å². The number of halogens is 1. The van der Waals surface area contributed by atoms with Crippen molar-refractivity contribution in [3.8, 4) is 0 Å². The molecular weight excluding hydrogens is 444 g/mol. The predicted molar refractivity (Wildman–Crippen MR) is 111 cm³/mol. The van der Waals surface area contributed by atoms with Crippen molar-refractivity contribution >= 4 is 51.0 Å². The Hall–Kier alpha value is -2.46. The van der Waals surface area contributed by atoms with Crippen LogP contribution in [0.1, 0.15) is 17.0 Å². The lowest BCUT2D eigenvalue weighted by atomic mass is 10.2. The van der Waals surface area contributed by atoms with Crippen LogP contribution in [-0.2, 0) is 9.59 Å². The number of aromatic nitrogens is 4. The average Bonchev–Trinajstić information content (AvgIpc) is 3.04. The summed E-state index contributed by atoms with van der Waals surface area (Å²) < 4.78 is 2.58. The van der Waals surface area contributed by atoms with Gasteiger partial charge in [-0.05, 0) is 50.6 Å². The molecule has 2 N–H and O–H groups in total. The Bertz CT molecular complexity index is 1050. The minimum absolute atomic E-state index is 0.104. The van der Waals surface area contributed by atoms with Crippen LogP contribution in [0, 0.1) is 20.8 Å². The Morgan fingerprint density at radius 2 is 1.93 bits per heavy atom. The standard InChI is InChI=1S/C18H19BrN6O2S/c1-10-6-13(19)4-5-14(10)22-15(26)8-20-16(27)9-28-18-23-17-21-11(2)7-12(3)25(17)24-18/h4-7H,8-9H2,1-3H3,(H,20,27)(H,22,26). The van der Waals surface area contributed by atoms with Gasteiger partial charge in [0.1, 0.15) is 0 Å². The first-order valence-electron chi connectivity index (χ1n) is 8.48. The molecule has 2 heterocycles. The Kier molecular flexibility index (Phi) is 6.30. The molecule has 0 aliphatic heterocycles. The highest BCUT2D eigenvalue weighted by Crippen LogP contribution is 2.20. The summed E-state index contributed by atoms with van der Waals surface area (Å²) in [6.07, 6.45) is 0. The second kappa shape index (κ2) is 8.70. The van der Waals surface area contributed by atoms with Crippen molar-refractivity contribution in [2.24, 2.45) is 0 Å². The topological polar surface area (TPSA) is 101 Å². The van der Waals surface area contributed by atoms with E-state index in [4.69, 9.17) is 0 Å². The Morgan fingerprint density at radius 1 is 1.14 bits per heavy atom. The van der Waals surface area contributed by atoms with Crippen molar-refractivity contribution in [2.75, 3.05) is 17.6 Å². The minimum atomic E-state index is -0.287. The molecule has 0 radical (unpaired) electrons. The van der Waals surface area contributed by atoms with E-state index in [-0.39, 0.29) is 24.1 Å². The average molecular weight is 463 g/mol. The quantitative estimate of drug-likeness (QED) is 0.546. The van der Waals surface area contributed by atoms with Gasteiger partial charge in [-0.1, -0.05) is 27.7 Å².